The molecule has 124 valence electrons. The van der Waals surface area contributed by atoms with Gasteiger partial charge < -0.3 is 4.57 Å². The fourth-order valence-corrected chi connectivity index (χ4v) is 3.79. The highest BCUT2D eigenvalue weighted by Gasteiger charge is 2.07. The summed E-state index contributed by atoms with van der Waals surface area (Å²) in [6.07, 6.45) is 4.39. The highest BCUT2D eigenvalue weighted by molar-refractivity contribution is 6.08. The summed E-state index contributed by atoms with van der Waals surface area (Å²) in [6.45, 7) is 0. The average Bonchev–Trinajstić information content (AvgIpc) is 2.98. The van der Waals surface area contributed by atoms with Crippen LogP contribution in [-0.2, 0) is 7.05 Å². The zero-order valence-corrected chi connectivity index (χ0v) is 14.7. The predicted octanol–water partition coefficient (Wildman–Crippen LogP) is 6.66. The second-order valence-corrected chi connectivity index (χ2v) is 6.79. The van der Waals surface area contributed by atoms with E-state index in [1.807, 2.05) is 0 Å². The molecule has 1 nitrogen and oxygen atoms in total. The van der Waals surface area contributed by atoms with Crippen molar-refractivity contribution in [1.82, 2.24) is 4.57 Å². The standard InChI is InChI=1S/C25H19N/c1-26-24-9-5-4-8-22(24)23-17-19(13-15-25(23)26)11-10-18-12-14-20-6-2-3-7-21(20)16-18/h2-17H,1H3/b11-10-. The molecule has 1 heterocycles. The Morgan fingerprint density at radius 1 is 0.577 bits per heavy atom. The van der Waals surface area contributed by atoms with E-state index in [0.29, 0.717) is 0 Å². The van der Waals surface area contributed by atoms with Crippen LogP contribution >= 0.6 is 0 Å². The molecular weight excluding hydrogens is 314 g/mol. The van der Waals surface area contributed by atoms with E-state index < -0.39 is 0 Å². The molecule has 0 spiro atoms. The normalized spacial score (nSPS) is 11.9. The molecule has 0 unspecified atom stereocenters. The molecule has 26 heavy (non-hydrogen) atoms. The Morgan fingerprint density at radius 3 is 2.12 bits per heavy atom. The van der Waals surface area contributed by atoms with Crippen molar-refractivity contribution in [2.75, 3.05) is 0 Å². The Balaban J connectivity index is 1.58. The zero-order chi connectivity index (χ0) is 17.5. The molecule has 0 fully saturated rings. The summed E-state index contributed by atoms with van der Waals surface area (Å²) in [7, 11) is 2.13. The van der Waals surface area contributed by atoms with Gasteiger partial charge in [0.25, 0.3) is 0 Å². The van der Waals surface area contributed by atoms with Gasteiger partial charge in [-0.15, -0.1) is 0 Å². The molecule has 0 aliphatic rings. The van der Waals surface area contributed by atoms with Crippen LogP contribution in [0.2, 0.25) is 0 Å². The lowest BCUT2D eigenvalue weighted by molar-refractivity contribution is 1.01. The van der Waals surface area contributed by atoms with E-state index in [0.717, 1.165) is 0 Å². The van der Waals surface area contributed by atoms with Gasteiger partial charge in [0.05, 0.1) is 0 Å². The van der Waals surface area contributed by atoms with E-state index in [-0.39, 0.29) is 0 Å². The minimum atomic E-state index is 1.22. The van der Waals surface area contributed by atoms with Gasteiger partial charge in [0.1, 0.15) is 0 Å². The van der Waals surface area contributed by atoms with Crippen molar-refractivity contribution in [3.8, 4) is 0 Å². The van der Waals surface area contributed by atoms with E-state index in [4.69, 9.17) is 0 Å². The fourth-order valence-electron chi connectivity index (χ4n) is 3.79. The molecule has 1 aromatic heterocycles. The first-order valence-corrected chi connectivity index (χ1v) is 8.94. The maximum absolute atomic E-state index is 2.29. The molecule has 0 radical (unpaired) electrons. The molecule has 0 atom stereocenters. The number of nitrogens with zero attached hydrogens (tertiary/aromatic N) is 1. The Morgan fingerprint density at radius 2 is 1.23 bits per heavy atom. The Bertz CT molecular complexity index is 1290. The van der Waals surface area contributed by atoms with Gasteiger partial charge in [-0.3, -0.25) is 0 Å². The first-order chi connectivity index (χ1) is 12.8. The third-order valence-electron chi connectivity index (χ3n) is 5.18. The van der Waals surface area contributed by atoms with Crippen molar-refractivity contribution >= 4 is 44.7 Å². The van der Waals surface area contributed by atoms with E-state index in [2.05, 4.69) is 109 Å². The summed E-state index contributed by atoms with van der Waals surface area (Å²) >= 11 is 0. The molecule has 0 saturated heterocycles. The van der Waals surface area contributed by atoms with E-state index in [9.17, 15) is 0 Å². The highest BCUT2D eigenvalue weighted by atomic mass is 14.9. The minimum absolute atomic E-state index is 1.22. The molecule has 0 amide bonds. The van der Waals surface area contributed by atoms with Gasteiger partial charge in [0, 0.05) is 28.9 Å². The van der Waals surface area contributed by atoms with Crippen molar-refractivity contribution in [3.63, 3.8) is 0 Å². The van der Waals surface area contributed by atoms with Crippen molar-refractivity contribution in [2.24, 2.45) is 7.05 Å². The summed E-state index contributed by atoms with van der Waals surface area (Å²) in [5.74, 6) is 0. The summed E-state index contributed by atoms with van der Waals surface area (Å²) < 4.78 is 2.27. The van der Waals surface area contributed by atoms with Crippen molar-refractivity contribution in [3.05, 3.63) is 96.1 Å². The van der Waals surface area contributed by atoms with Crippen LogP contribution in [0.4, 0.5) is 0 Å². The molecule has 4 aromatic carbocycles. The number of hydrogen-bond donors (Lipinski definition) is 0. The minimum Gasteiger partial charge on any atom is -0.344 e. The lowest BCUT2D eigenvalue weighted by Gasteiger charge is -2.00. The third kappa shape index (κ3) is 2.41. The molecule has 0 N–H and O–H groups in total. The van der Waals surface area contributed by atoms with Crippen LogP contribution in [0.5, 0.6) is 0 Å². The van der Waals surface area contributed by atoms with Crippen LogP contribution in [0.1, 0.15) is 11.1 Å². The van der Waals surface area contributed by atoms with Crippen LogP contribution in [0.15, 0.2) is 84.9 Å². The zero-order valence-electron chi connectivity index (χ0n) is 14.7. The largest absolute Gasteiger partial charge is 0.344 e. The van der Waals surface area contributed by atoms with Crippen molar-refractivity contribution in [2.45, 2.75) is 0 Å². The summed E-state index contributed by atoms with van der Waals surface area (Å²) in [5, 5.41) is 5.18. The molecule has 0 bridgehead atoms. The van der Waals surface area contributed by atoms with Crippen LogP contribution in [0.3, 0.4) is 0 Å². The molecule has 5 aromatic rings. The van der Waals surface area contributed by atoms with Gasteiger partial charge in [0.15, 0.2) is 0 Å². The van der Waals surface area contributed by atoms with Gasteiger partial charge in [-0.05, 0) is 46.2 Å². The maximum atomic E-state index is 2.29. The number of rotatable bonds is 2. The number of aryl methyl sites for hydroxylation is 1. The molecule has 0 aliphatic heterocycles. The maximum Gasteiger partial charge on any atom is 0.0489 e. The number of benzene rings is 4. The van der Waals surface area contributed by atoms with Gasteiger partial charge in [-0.25, -0.2) is 0 Å². The Hall–Kier alpha value is -3.32. The van der Waals surface area contributed by atoms with E-state index >= 15 is 0 Å². The topological polar surface area (TPSA) is 4.93 Å². The number of hydrogen-bond acceptors (Lipinski definition) is 0. The lowest BCUT2D eigenvalue weighted by atomic mass is 10.1. The molecular formula is C25H19N. The molecule has 0 saturated carbocycles. The smallest absolute Gasteiger partial charge is 0.0489 e. The first-order valence-electron chi connectivity index (χ1n) is 8.94. The van der Waals surface area contributed by atoms with Crippen LogP contribution in [0, 0.1) is 0 Å². The summed E-state index contributed by atoms with van der Waals surface area (Å²) in [6, 6.07) is 30.4. The average molecular weight is 333 g/mol. The molecule has 5 rings (SSSR count). The second kappa shape index (κ2) is 5.89. The van der Waals surface area contributed by atoms with Crippen LogP contribution < -0.4 is 0 Å². The fraction of sp³-hybridized carbons (Fsp3) is 0.0400. The van der Waals surface area contributed by atoms with Gasteiger partial charge >= 0.3 is 0 Å². The lowest BCUT2D eigenvalue weighted by Crippen LogP contribution is -1.85. The van der Waals surface area contributed by atoms with Crippen molar-refractivity contribution in [1.29, 1.82) is 0 Å². The first kappa shape index (κ1) is 15.0. The third-order valence-corrected chi connectivity index (χ3v) is 5.18. The summed E-state index contributed by atoms with van der Waals surface area (Å²) in [5.41, 5.74) is 5.00. The van der Waals surface area contributed by atoms with Crippen LogP contribution in [-0.4, -0.2) is 4.57 Å². The number of aromatic nitrogens is 1. The van der Waals surface area contributed by atoms with Crippen molar-refractivity contribution < 1.29 is 0 Å². The summed E-state index contributed by atoms with van der Waals surface area (Å²) in [4.78, 5) is 0. The second-order valence-electron chi connectivity index (χ2n) is 6.79. The van der Waals surface area contributed by atoms with Gasteiger partial charge in [0.2, 0.25) is 0 Å². The quantitative estimate of drug-likeness (QED) is 0.318. The predicted molar refractivity (Wildman–Crippen MR) is 113 cm³/mol. The van der Waals surface area contributed by atoms with Gasteiger partial charge in [-0.1, -0.05) is 72.8 Å². The van der Waals surface area contributed by atoms with E-state index in [1.165, 1.54) is 43.7 Å². The molecule has 0 aliphatic carbocycles. The van der Waals surface area contributed by atoms with Gasteiger partial charge in [-0.2, -0.15) is 0 Å². The number of para-hydroxylation sites is 1. The highest BCUT2D eigenvalue weighted by Crippen LogP contribution is 2.29. The van der Waals surface area contributed by atoms with Crippen LogP contribution in [0.25, 0.3) is 44.7 Å². The Kier molecular flexibility index (Phi) is 3.39. The monoisotopic (exact) mass is 333 g/mol. The van der Waals surface area contributed by atoms with E-state index in [1.54, 1.807) is 0 Å². The Labute approximate surface area is 152 Å². The molecule has 1 heteroatoms. The number of fused-ring (bicyclic) bond motifs is 4. The SMILES string of the molecule is Cn1c2ccccc2c2cc(/C=C\c3ccc4ccccc4c3)ccc21.